The molecule has 1 aromatic rings. The molecule has 2 rings (SSSR count). The van der Waals surface area contributed by atoms with E-state index in [-0.39, 0.29) is 12.5 Å². The Kier molecular flexibility index (Phi) is 7.68. The number of nitrogens with one attached hydrogen (secondary N) is 1. The summed E-state index contributed by atoms with van der Waals surface area (Å²) in [7, 11) is 3.57. The van der Waals surface area contributed by atoms with Crippen molar-refractivity contribution in [3.05, 3.63) is 23.8 Å². The third kappa shape index (κ3) is 6.16. The summed E-state index contributed by atoms with van der Waals surface area (Å²) in [6, 6.07) is 6.12. The Labute approximate surface area is 155 Å². The lowest BCUT2D eigenvalue weighted by molar-refractivity contribution is -0.124. The van der Waals surface area contributed by atoms with Crippen LogP contribution in [0.25, 0.3) is 0 Å². The lowest BCUT2D eigenvalue weighted by Crippen LogP contribution is -2.47. The van der Waals surface area contributed by atoms with Crippen LogP contribution in [-0.4, -0.2) is 79.9 Å². The molecule has 1 amide bonds. The highest BCUT2D eigenvalue weighted by atomic mass is 16.5. The van der Waals surface area contributed by atoms with E-state index in [0.717, 1.165) is 12.1 Å². The van der Waals surface area contributed by atoms with Crippen molar-refractivity contribution in [2.24, 2.45) is 0 Å². The van der Waals surface area contributed by atoms with Gasteiger partial charge in [-0.05, 0) is 38.6 Å². The lowest BCUT2D eigenvalue weighted by Gasteiger charge is -2.27. The second kappa shape index (κ2) is 9.75. The summed E-state index contributed by atoms with van der Waals surface area (Å²) in [5.41, 5.74) is 1.05. The number of hydrogen-bond donors (Lipinski definition) is 2. The van der Waals surface area contributed by atoms with Gasteiger partial charge in [0, 0.05) is 32.2 Å². The van der Waals surface area contributed by atoms with Crippen LogP contribution in [0.15, 0.2) is 18.2 Å². The number of likely N-dealkylation sites (N-methyl/N-ethyl adjacent to an activating group) is 1. The van der Waals surface area contributed by atoms with E-state index >= 15 is 0 Å². The third-order valence-electron chi connectivity index (χ3n) is 4.56. The number of carbonyl (C=O) groups excluding carboxylic acids is 1. The van der Waals surface area contributed by atoms with E-state index in [0.29, 0.717) is 43.7 Å². The predicted octanol–water partition coefficient (Wildman–Crippen LogP) is 0.707. The molecule has 1 aliphatic rings. The largest absolute Gasteiger partial charge is 0.493 e. The number of amides is 1. The van der Waals surface area contributed by atoms with Gasteiger partial charge in [-0.15, -0.1) is 0 Å². The lowest BCUT2D eigenvalue weighted by atomic mass is 10.1. The molecule has 0 saturated carbocycles. The van der Waals surface area contributed by atoms with Crippen LogP contribution in [-0.2, 0) is 11.3 Å². The van der Waals surface area contributed by atoms with E-state index in [4.69, 9.17) is 9.47 Å². The Bertz CT molecular complexity index is 594. The van der Waals surface area contributed by atoms with Crippen LogP contribution in [0.1, 0.15) is 19.4 Å². The van der Waals surface area contributed by atoms with Gasteiger partial charge in [-0.1, -0.05) is 6.07 Å². The highest BCUT2D eigenvalue weighted by Gasteiger charge is 2.17. The molecule has 0 aromatic heterocycles. The van der Waals surface area contributed by atoms with Crippen molar-refractivity contribution in [3.8, 4) is 11.5 Å². The second-order valence-corrected chi connectivity index (χ2v) is 7.04. The molecule has 1 fully saturated rings. The number of piperazine rings is 1. The summed E-state index contributed by atoms with van der Waals surface area (Å²) >= 11 is 0. The first-order valence-corrected chi connectivity index (χ1v) is 9.06. The number of aliphatic hydroxyl groups is 1. The zero-order valence-electron chi connectivity index (χ0n) is 16.2. The summed E-state index contributed by atoms with van der Waals surface area (Å²) in [5, 5.41) is 13.0. The molecule has 0 aliphatic carbocycles. The minimum absolute atomic E-state index is 0.0543. The zero-order chi connectivity index (χ0) is 19.1. The normalized spacial score (nSPS) is 16.7. The van der Waals surface area contributed by atoms with Gasteiger partial charge in [0.1, 0.15) is 12.7 Å². The fourth-order valence-electron chi connectivity index (χ4n) is 2.80. The molecule has 0 bridgehead atoms. The van der Waals surface area contributed by atoms with Gasteiger partial charge < -0.3 is 24.8 Å². The minimum atomic E-state index is -0.582. The number of ether oxygens (including phenoxy) is 2. The average Bonchev–Trinajstić information content (AvgIpc) is 2.60. The quantitative estimate of drug-likeness (QED) is 0.671. The van der Waals surface area contributed by atoms with Gasteiger partial charge in [0.25, 0.3) is 0 Å². The van der Waals surface area contributed by atoms with Crippen LogP contribution < -0.4 is 14.8 Å². The maximum Gasteiger partial charge on any atom is 0.234 e. The fraction of sp³-hybridized carbons (Fsp3) is 0.632. The van der Waals surface area contributed by atoms with Crippen molar-refractivity contribution in [2.75, 3.05) is 46.9 Å². The smallest absolute Gasteiger partial charge is 0.234 e. The number of methoxy groups -OCH3 is 1. The second-order valence-electron chi connectivity index (χ2n) is 7.04. The number of nitrogens with zero attached hydrogens (tertiary/aromatic N) is 2. The first-order valence-electron chi connectivity index (χ1n) is 9.06. The molecule has 0 spiro atoms. The predicted molar refractivity (Wildman–Crippen MR) is 101 cm³/mol. The maximum absolute atomic E-state index is 11.5. The first-order chi connectivity index (χ1) is 12.4. The summed E-state index contributed by atoms with van der Waals surface area (Å²) in [4.78, 5) is 15.7. The van der Waals surface area contributed by atoms with Crippen LogP contribution >= 0.6 is 0 Å². The molecule has 26 heavy (non-hydrogen) atoms. The number of benzene rings is 1. The molecule has 1 saturated heterocycles. The number of aliphatic hydroxyl groups excluding tert-OH is 1. The zero-order valence-corrected chi connectivity index (χ0v) is 16.2. The molecular formula is C19H31N3O4. The van der Waals surface area contributed by atoms with Crippen molar-refractivity contribution >= 4 is 5.91 Å². The summed E-state index contributed by atoms with van der Waals surface area (Å²) in [6.07, 6.45) is -0.582. The molecule has 146 valence electrons. The maximum atomic E-state index is 11.5. The molecule has 1 aromatic carbocycles. The van der Waals surface area contributed by atoms with Gasteiger partial charge >= 0.3 is 0 Å². The van der Waals surface area contributed by atoms with Gasteiger partial charge in [-0.2, -0.15) is 0 Å². The Morgan fingerprint density at radius 1 is 1.35 bits per heavy atom. The fourth-order valence-corrected chi connectivity index (χ4v) is 2.80. The van der Waals surface area contributed by atoms with Crippen LogP contribution in [0.5, 0.6) is 11.5 Å². The molecule has 0 radical (unpaired) electrons. The Morgan fingerprint density at radius 2 is 2.12 bits per heavy atom. The highest BCUT2D eigenvalue weighted by Crippen LogP contribution is 2.28. The van der Waals surface area contributed by atoms with E-state index in [2.05, 4.69) is 29.0 Å². The van der Waals surface area contributed by atoms with Crippen molar-refractivity contribution in [1.82, 2.24) is 15.1 Å². The number of carbonyl (C=O) groups is 1. The Morgan fingerprint density at radius 3 is 2.77 bits per heavy atom. The molecule has 1 aliphatic heterocycles. The topological polar surface area (TPSA) is 74.3 Å². The van der Waals surface area contributed by atoms with E-state index in [9.17, 15) is 9.90 Å². The average molecular weight is 365 g/mol. The monoisotopic (exact) mass is 365 g/mol. The standard InChI is InChI=1S/C19H31N3O4/c1-14(2)21(3)11-16(23)13-26-18-9-15(5-6-17(18)25-4)10-22-8-7-20-19(24)12-22/h5-6,9,14,16,23H,7-8,10-13H2,1-4H3,(H,20,24)/t16-/m1/s1. The molecule has 7 heteroatoms. The van der Waals surface area contributed by atoms with Gasteiger partial charge in [0.05, 0.1) is 13.7 Å². The SMILES string of the molecule is COc1ccc(CN2CCNC(=O)C2)cc1OC[C@H](O)CN(C)C(C)C. The molecule has 2 N–H and O–H groups in total. The Hall–Kier alpha value is -1.83. The third-order valence-corrected chi connectivity index (χ3v) is 4.56. The first kappa shape index (κ1) is 20.5. The van der Waals surface area contributed by atoms with Crippen LogP contribution in [0.2, 0.25) is 0 Å². The summed E-state index contributed by atoms with van der Waals surface area (Å²) in [5.74, 6) is 1.30. The van der Waals surface area contributed by atoms with E-state index in [1.165, 1.54) is 0 Å². The van der Waals surface area contributed by atoms with Crippen LogP contribution in [0.3, 0.4) is 0 Å². The van der Waals surface area contributed by atoms with E-state index < -0.39 is 6.10 Å². The molecule has 1 heterocycles. The van der Waals surface area contributed by atoms with Crippen LogP contribution in [0.4, 0.5) is 0 Å². The van der Waals surface area contributed by atoms with Gasteiger partial charge in [-0.25, -0.2) is 0 Å². The van der Waals surface area contributed by atoms with E-state index in [1.54, 1.807) is 7.11 Å². The van der Waals surface area contributed by atoms with Gasteiger partial charge in [0.2, 0.25) is 5.91 Å². The molecule has 7 nitrogen and oxygen atoms in total. The number of rotatable bonds is 9. The summed E-state index contributed by atoms with van der Waals surface area (Å²) in [6.45, 7) is 7.49. The Balaban J connectivity index is 1.96. The number of hydrogen-bond acceptors (Lipinski definition) is 6. The van der Waals surface area contributed by atoms with Crippen LogP contribution in [0, 0.1) is 0 Å². The highest BCUT2D eigenvalue weighted by molar-refractivity contribution is 5.78. The minimum Gasteiger partial charge on any atom is -0.493 e. The van der Waals surface area contributed by atoms with Crippen molar-refractivity contribution in [2.45, 2.75) is 32.5 Å². The van der Waals surface area contributed by atoms with Crippen molar-refractivity contribution in [1.29, 1.82) is 0 Å². The van der Waals surface area contributed by atoms with Gasteiger partial charge in [-0.3, -0.25) is 9.69 Å². The summed E-state index contributed by atoms with van der Waals surface area (Å²) < 4.78 is 11.2. The molecule has 0 unspecified atom stereocenters. The molecular weight excluding hydrogens is 334 g/mol. The van der Waals surface area contributed by atoms with Crippen molar-refractivity contribution in [3.63, 3.8) is 0 Å². The molecule has 1 atom stereocenters. The van der Waals surface area contributed by atoms with Crippen molar-refractivity contribution < 1.29 is 19.4 Å². The van der Waals surface area contributed by atoms with E-state index in [1.807, 2.05) is 25.2 Å². The van der Waals surface area contributed by atoms with Gasteiger partial charge in [0.15, 0.2) is 11.5 Å².